The molecule has 2 rings (SSSR count). The quantitative estimate of drug-likeness (QED) is 0.474. The topological polar surface area (TPSA) is 27.7 Å². The van der Waals surface area contributed by atoms with Crippen molar-refractivity contribution in [3.05, 3.63) is 11.5 Å². The Morgan fingerprint density at radius 2 is 1.32 bits per heavy atom. The maximum absolute atomic E-state index is 14.2. The Kier molecular flexibility index (Phi) is 2.53. The Morgan fingerprint density at radius 1 is 0.895 bits per heavy atom. The molecule has 1 spiro atoms. The van der Waals surface area contributed by atoms with Crippen molar-refractivity contribution in [1.29, 1.82) is 0 Å². The van der Waals surface area contributed by atoms with Crippen LogP contribution in [0.4, 0.5) is 34.7 Å². The first-order valence-corrected chi connectivity index (χ1v) is 8.25. The molecule has 0 bridgehead atoms. The molecule has 0 unspecified atom stereocenters. The van der Waals surface area contributed by atoms with Crippen LogP contribution in [-0.4, -0.2) is 24.7 Å². The fourth-order valence-corrected chi connectivity index (χ4v) is 6.44. The van der Waals surface area contributed by atoms with Gasteiger partial charge in [0.15, 0.2) is 0 Å². The molecule has 3 nitrogen and oxygen atoms in total. The summed E-state index contributed by atoms with van der Waals surface area (Å²) in [5, 5.41) is 0. The summed E-state index contributed by atoms with van der Waals surface area (Å²) in [6.07, 6.45) is -19.7. The van der Waals surface area contributed by atoms with E-state index in [1.54, 1.807) is 0 Å². The van der Waals surface area contributed by atoms with Crippen LogP contribution in [-0.2, 0) is 13.6 Å². The normalized spacial score (nSPS) is 32.0. The van der Waals surface area contributed by atoms with Crippen molar-refractivity contribution in [1.82, 2.24) is 0 Å². The number of hydrogen-bond acceptors (Lipinski definition) is 4. The molecule has 0 aliphatic carbocycles. The van der Waals surface area contributed by atoms with E-state index in [4.69, 9.17) is 0 Å². The molecule has 0 amide bonds. The van der Waals surface area contributed by atoms with Gasteiger partial charge in [-0.1, -0.05) is 0 Å². The van der Waals surface area contributed by atoms with Crippen LogP contribution in [0, 0.1) is 0 Å². The summed E-state index contributed by atoms with van der Waals surface area (Å²) in [5.74, 6) is -6.40. The standard InChI is InChI=1S/C6H4F8O3PS/c7-5(8,9)3-4(6(10,11)12)17-18(13,14,16-3)15-1-2-19-18/h1-2H2/q-1. The van der Waals surface area contributed by atoms with Gasteiger partial charge in [-0.25, -0.2) is 0 Å². The molecule has 2 aliphatic rings. The average molecular weight is 339 g/mol. The van der Waals surface area contributed by atoms with Crippen molar-refractivity contribution in [2.75, 3.05) is 12.4 Å². The van der Waals surface area contributed by atoms with Gasteiger partial charge in [0.1, 0.15) is 0 Å². The van der Waals surface area contributed by atoms with E-state index in [9.17, 15) is 34.7 Å². The minimum absolute atomic E-state index is 0.556. The average Bonchev–Trinajstić information content (AvgIpc) is 2.64. The first-order chi connectivity index (χ1) is 8.20. The first-order valence-electron chi connectivity index (χ1n) is 4.44. The van der Waals surface area contributed by atoms with Crippen LogP contribution in [0.1, 0.15) is 0 Å². The van der Waals surface area contributed by atoms with E-state index in [2.05, 4.69) is 13.6 Å². The molecule has 19 heavy (non-hydrogen) atoms. The van der Waals surface area contributed by atoms with Crippen LogP contribution < -0.4 is 0 Å². The van der Waals surface area contributed by atoms with E-state index >= 15 is 0 Å². The van der Waals surface area contributed by atoms with E-state index in [0.29, 0.717) is 0 Å². The van der Waals surface area contributed by atoms with Gasteiger partial charge in [-0.3, -0.25) is 0 Å². The molecular formula is C6H4F8O3PS-. The van der Waals surface area contributed by atoms with Gasteiger partial charge in [0.25, 0.3) is 0 Å². The van der Waals surface area contributed by atoms with Gasteiger partial charge in [-0.05, 0) is 0 Å². The molecule has 0 saturated carbocycles. The second kappa shape index (κ2) is 3.22. The van der Waals surface area contributed by atoms with Gasteiger partial charge >= 0.3 is 102 Å². The van der Waals surface area contributed by atoms with Crippen molar-refractivity contribution >= 4 is 17.8 Å². The molecule has 0 radical (unpaired) electrons. The zero-order valence-electron chi connectivity index (χ0n) is 8.52. The summed E-state index contributed by atoms with van der Waals surface area (Å²) in [5.41, 5.74) is 0. The Hall–Kier alpha value is -0.480. The fourth-order valence-electron chi connectivity index (χ4n) is 1.40. The summed E-state index contributed by atoms with van der Waals surface area (Å²) < 4.78 is 113. The van der Waals surface area contributed by atoms with E-state index < -0.39 is 54.1 Å². The zero-order chi connectivity index (χ0) is 14.8. The van der Waals surface area contributed by atoms with Gasteiger partial charge in [0, 0.05) is 0 Å². The van der Waals surface area contributed by atoms with E-state index in [1.807, 2.05) is 0 Å². The number of hydrogen-bond donors (Lipinski definition) is 0. The van der Waals surface area contributed by atoms with Crippen molar-refractivity contribution in [2.24, 2.45) is 0 Å². The van der Waals surface area contributed by atoms with Crippen molar-refractivity contribution in [3.8, 4) is 0 Å². The predicted molar refractivity (Wildman–Crippen MR) is 48.9 cm³/mol. The van der Waals surface area contributed by atoms with Gasteiger partial charge in [-0.15, -0.1) is 0 Å². The number of halogens is 8. The van der Waals surface area contributed by atoms with Crippen LogP contribution in [0.25, 0.3) is 0 Å². The molecular weight excluding hydrogens is 335 g/mol. The van der Waals surface area contributed by atoms with E-state index in [1.165, 1.54) is 0 Å². The van der Waals surface area contributed by atoms with E-state index in [0.717, 1.165) is 0 Å². The summed E-state index contributed by atoms with van der Waals surface area (Å²) in [7, 11) is 0. The molecule has 0 N–H and O–H groups in total. The van der Waals surface area contributed by atoms with Gasteiger partial charge in [0.05, 0.1) is 0 Å². The third kappa shape index (κ3) is 2.33. The summed E-state index contributed by atoms with van der Waals surface area (Å²) in [6, 6.07) is 0. The van der Waals surface area contributed by atoms with E-state index in [-0.39, 0.29) is 0 Å². The third-order valence-electron chi connectivity index (χ3n) is 2.04. The Bertz CT molecular complexity index is 438. The van der Waals surface area contributed by atoms with Gasteiger partial charge in [-0.2, -0.15) is 0 Å². The van der Waals surface area contributed by atoms with Crippen LogP contribution in [0.3, 0.4) is 0 Å². The second-order valence-corrected chi connectivity index (χ2v) is 9.93. The molecule has 0 aromatic rings. The molecule has 2 heterocycles. The fraction of sp³-hybridized carbons (Fsp3) is 0.667. The summed E-state index contributed by atoms with van der Waals surface area (Å²) >= 11 is -0.608. The number of rotatable bonds is 0. The molecule has 2 aliphatic heterocycles. The molecule has 0 aromatic heterocycles. The summed E-state index contributed by atoms with van der Waals surface area (Å²) in [6.45, 7) is -0.788. The monoisotopic (exact) mass is 339 g/mol. The van der Waals surface area contributed by atoms with Crippen molar-refractivity contribution < 1.29 is 48.3 Å². The maximum atomic E-state index is 14.2. The molecule has 114 valence electrons. The Labute approximate surface area is 103 Å². The van der Waals surface area contributed by atoms with Crippen molar-refractivity contribution in [2.45, 2.75) is 12.4 Å². The third-order valence-corrected chi connectivity index (χ3v) is 7.53. The molecule has 0 atom stereocenters. The van der Waals surface area contributed by atoms with Crippen LogP contribution in [0.2, 0.25) is 0 Å². The predicted octanol–water partition coefficient (Wildman–Crippen LogP) is 4.65. The second-order valence-electron chi connectivity index (χ2n) is 3.57. The first kappa shape index (κ1) is 14.9. The Balaban J connectivity index is 2.56. The molecule has 1 saturated heterocycles. The molecule has 0 aromatic carbocycles. The minimum atomic E-state index is -8.09. The number of allylic oxidation sites excluding steroid dienone is 2. The van der Waals surface area contributed by atoms with Crippen LogP contribution in [0.15, 0.2) is 11.5 Å². The van der Waals surface area contributed by atoms with Gasteiger partial charge in [0.2, 0.25) is 0 Å². The van der Waals surface area contributed by atoms with Gasteiger partial charge < -0.3 is 0 Å². The Morgan fingerprint density at radius 3 is 1.58 bits per heavy atom. The zero-order valence-corrected chi connectivity index (χ0v) is 10.2. The summed E-state index contributed by atoms with van der Waals surface area (Å²) in [4.78, 5) is 0. The molecule has 13 heteroatoms. The SMILES string of the molecule is FC(F)(F)C1=C(C(F)(F)F)O[P-]2(F)(F)(OCCS2)O1. The van der Waals surface area contributed by atoms with Crippen LogP contribution in [0.5, 0.6) is 0 Å². The number of alkyl halides is 6. The molecule has 1 fully saturated rings. The van der Waals surface area contributed by atoms with Crippen molar-refractivity contribution in [3.63, 3.8) is 0 Å². The van der Waals surface area contributed by atoms with Crippen LogP contribution >= 0.6 is 17.8 Å².